The third kappa shape index (κ3) is 6.61. The van der Waals surface area contributed by atoms with Crippen LogP contribution >= 0.6 is 0 Å². The van der Waals surface area contributed by atoms with Crippen molar-refractivity contribution < 1.29 is 57.8 Å². The topological polar surface area (TPSA) is 0 Å². The Morgan fingerprint density at radius 2 is 1.54 bits per heavy atom. The summed E-state index contributed by atoms with van der Waals surface area (Å²) >= 11 is 1.66. The van der Waals surface area contributed by atoms with Crippen molar-refractivity contribution in [2.45, 2.75) is 19.3 Å². The first-order valence-corrected chi connectivity index (χ1v) is 9.08. The van der Waals surface area contributed by atoms with Gasteiger partial charge in [-0.2, -0.15) is 24.3 Å². The van der Waals surface area contributed by atoms with Crippen molar-refractivity contribution >= 4 is 3.21 Å². The van der Waals surface area contributed by atoms with E-state index in [-0.39, 0.29) is 36.4 Å². The number of benzene rings is 2. The smallest absolute Gasteiger partial charge is 0.172 e. The second-order valence-corrected chi connectivity index (χ2v) is 7.49. The second-order valence-electron chi connectivity index (χ2n) is 5.75. The van der Waals surface area contributed by atoms with Crippen LogP contribution in [0.25, 0.3) is 11.1 Å². The van der Waals surface area contributed by atoms with Crippen LogP contribution in [0.3, 0.4) is 0 Å². The molecule has 0 spiro atoms. The maximum atomic E-state index is 13.1. The van der Waals surface area contributed by atoms with E-state index in [9.17, 15) is 8.78 Å². The number of rotatable bonds is 0. The van der Waals surface area contributed by atoms with Gasteiger partial charge in [0.15, 0.2) is 0 Å². The van der Waals surface area contributed by atoms with Gasteiger partial charge in [0.25, 0.3) is 0 Å². The van der Waals surface area contributed by atoms with E-state index in [0.717, 1.165) is 22.3 Å². The van der Waals surface area contributed by atoms with Crippen molar-refractivity contribution in [1.29, 1.82) is 0 Å². The minimum absolute atomic E-state index is 0. The molecule has 0 radical (unpaired) electrons. The molecule has 134 valence electrons. The third-order valence-corrected chi connectivity index (χ3v) is 5.01. The van der Waals surface area contributed by atoms with Crippen LogP contribution in [0.4, 0.5) is 8.78 Å². The molecular weight excluding hydrogens is 452 g/mol. The standard InChI is InChI=1S/C13H7F2.C5H5.C3H4.2ClH.Zr/c14-10-3-1-8-5-9-2-4-11(15)7-13(9)12(8)6-10;1-2-4-5-3-1;1-2-3-1;;;/h1,3-4,6-7H,5H2;1-5H;1-2H2;2*1H;/q2*-1;;;;+2/p-2. The monoisotopic (exact) mass is 466 g/mol. The molecule has 0 nitrogen and oxygen atoms in total. The molecule has 2 aliphatic rings. The molecule has 26 heavy (non-hydrogen) atoms. The van der Waals surface area contributed by atoms with Gasteiger partial charge in [-0.15, -0.1) is 23.3 Å². The largest absolute Gasteiger partial charge is 0.214 e. The Morgan fingerprint density at radius 1 is 0.923 bits per heavy atom. The van der Waals surface area contributed by atoms with Gasteiger partial charge in [-0.05, 0) is 24.1 Å². The number of hydrogen-bond acceptors (Lipinski definition) is 0. The van der Waals surface area contributed by atoms with Crippen molar-refractivity contribution in [3.05, 3.63) is 89.5 Å². The van der Waals surface area contributed by atoms with E-state index in [1.807, 2.05) is 30.3 Å². The normalized spacial score (nSPS) is 12.1. The Balaban J connectivity index is 0.000000255. The molecule has 5 rings (SSSR count). The van der Waals surface area contributed by atoms with Crippen LogP contribution in [0, 0.1) is 17.7 Å². The summed E-state index contributed by atoms with van der Waals surface area (Å²) in [7, 11) is 0. The summed E-state index contributed by atoms with van der Waals surface area (Å²) in [6.07, 6.45) is 3.60. The Morgan fingerprint density at radius 3 is 2.08 bits per heavy atom. The van der Waals surface area contributed by atoms with Gasteiger partial charge < -0.3 is 24.8 Å². The Kier molecular flexibility index (Phi) is 9.71. The van der Waals surface area contributed by atoms with Gasteiger partial charge in [-0.25, -0.2) is 16.5 Å². The summed E-state index contributed by atoms with van der Waals surface area (Å²) < 4.78 is 27.8. The van der Waals surface area contributed by atoms with Gasteiger partial charge in [-0.3, -0.25) is 4.39 Å². The van der Waals surface area contributed by atoms with E-state index in [1.165, 1.54) is 37.1 Å². The molecule has 0 amide bonds. The first-order valence-electron chi connectivity index (χ1n) is 7.85. The molecule has 0 aromatic heterocycles. The quantitative estimate of drug-likeness (QED) is 0.298. The van der Waals surface area contributed by atoms with Gasteiger partial charge in [0.2, 0.25) is 0 Å². The number of hydrogen-bond donors (Lipinski definition) is 0. The van der Waals surface area contributed by atoms with Crippen LogP contribution in [0.1, 0.15) is 24.0 Å². The molecule has 0 bridgehead atoms. The summed E-state index contributed by atoms with van der Waals surface area (Å²) in [4.78, 5) is 0. The molecule has 0 N–H and O–H groups in total. The Labute approximate surface area is 180 Å². The molecule has 2 aliphatic carbocycles. The van der Waals surface area contributed by atoms with Crippen molar-refractivity contribution in [3.63, 3.8) is 0 Å². The summed E-state index contributed by atoms with van der Waals surface area (Å²) in [5.74, 6) is -0.614. The second kappa shape index (κ2) is 11.0. The average Bonchev–Trinajstić information content (AvgIpc) is 3.07. The zero-order chi connectivity index (χ0) is 16.9. The molecule has 0 saturated heterocycles. The average molecular weight is 468 g/mol. The minimum Gasteiger partial charge on any atom is -0.214 e. The van der Waals surface area contributed by atoms with Crippen LogP contribution < -0.4 is 24.8 Å². The summed E-state index contributed by atoms with van der Waals surface area (Å²) in [6, 6.07) is 20.3. The van der Waals surface area contributed by atoms with Crippen molar-refractivity contribution in [2.75, 3.05) is 0 Å². The fourth-order valence-electron chi connectivity index (χ4n) is 2.41. The van der Waals surface area contributed by atoms with Gasteiger partial charge in [-0.1, -0.05) is 11.6 Å². The maximum absolute atomic E-state index is 13.1. The number of fused-ring (bicyclic) bond motifs is 3. The molecule has 3 aromatic rings. The summed E-state index contributed by atoms with van der Waals surface area (Å²) in [5.41, 5.74) is 3.54. The predicted molar refractivity (Wildman–Crippen MR) is 89.7 cm³/mol. The van der Waals surface area contributed by atoms with Crippen LogP contribution in [-0.4, -0.2) is 3.21 Å². The predicted octanol–water partition coefficient (Wildman–Crippen LogP) is -0.751. The molecule has 0 atom stereocenters. The molecule has 0 heterocycles. The van der Waals surface area contributed by atoms with E-state index in [1.54, 1.807) is 33.5 Å². The van der Waals surface area contributed by atoms with Crippen LogP contribution in [0.2, 0.25) is 0 Å². The fourth-order valence-corrected chi connectivity index (χ4v) is 2.72. The molecule has 3 aromatic carbocycles. The minimum atomic E-state index is -0.328. The fraction of sp³-hybridized carbons (Fsp3) is 0.143. The van der Waals surface area contributed by atoms with Crippen LogP contribution in [-0.2, 0) is 30.7 Å². The van der Waals surface area contributed by atoms with Gasteiger partial charge in [0.1, 0.15) is 5.82 Å². The van der Waals surface area contributed by atoms with Crippen LogP contribution in [0.5, 0.6) is 0 Å². The van der Waals surface area contributed by atoms with E-state index in [0.29, 0.717) is 6.42 Å². The molecular formula is C21H16Cl2F2Zr-2. The summed E-state index contributed by atoms with van der Waals surface area (Å²) in [6.45, 7) is 0. The molecule has 1 fully saturated rings. The van der Waals surface area contributed by atoms with Gasteiger partial charge in [0.05, 0.1) is 0 Å². The third-order valence-electron chi connectivity index (χ3n) is 3.78. The van der Waals surface area contributed by atoms with Crippen molar-refractivity contribution in [2.24, 2.45) is 0 Å². The number of halogens is 4. The zero-order valence-electron chi connectivity index (χ0n) is 13.9. The van der Waals surface area contributed by atoms with Crippen molar-refractivity contribution in [1.82, 2.24) is 0 Å². The first kappa shape index (κ1) is 23.0. The van der Waals surface area contributed by atoms with Crippen molar-refractivity contribution in [3.8, 4) is 11.1 Å². The summed E-state index contributed by atoms with van der Waals surface area (Å²) in [5, 5.41) is 0. The van der Waals surface area contributed by atoms with E-state index in [4.69, 9.17) is 0 Å². The Hall–Kier alpha value is -1.02. The van der Waals surface area contributed by atoms with E-state index >= 15 is 0 Å². The first-order chi connectivity index (χ1) is 11.6. The molecule has 0 unspecified atom stereocenters. The zero-order valence-corrected chi connectivity index (χ0v) is 17.9. The Bertz CT molecular complexity index is 773. The molecule has 1 saturated carbocycles. The van der Waals surface area contributed by atoms with Gasteiger partial charge >= 0.3 is 40.3 Å². The van der Waals surface area contributed by atoms with Crippen LogP contribution in [0.15, 0.2) is 60.7 Å². The molecule has 5 heteroatoms. The SMILES string of the molecule is Fc1c[c-]c2c(c1)-c1cc(F)ccc1C2.[Cl-].[Cl-].[Zr+2]=[C]1CC1.c1cc[cH-]c1. The van der Waals surface area contributed by atoms with E-state index < -0.39 is 0 Å². The maximum Gasteiger partial charge on any atom is -0.172 e. The molecule has 0 aliphatic heterocycles. The van der Waals surface area contributed by atoms with E-state index in [2.05, 4.69) is 6.07 Å². The van der Waals surface area contributed by atoms with Gasteiger partial charge in [0, 0.05) is 5.82 Å².